The van der Waals surface area contributed by atoms with Gasteiger partial charge < -0.3 is 5.32 Å². The number of allylic oxidation sites excluding steroid dienone is 1. The Kier molecular flexibility index (Phi) is 6.54. The predicted octanol–water partition coefficient (Wildman–Crippen LogP) is 4.56. The molecule has 0 amide bonds. The van der Waals surface area contributed by atoms with E-state index in [1.807, 2.05) is 18.5 Å². The van der Waals surface area contributed by atoms with Crippen molar-refractivity contribution in [2.75, 3.05) is 12.4 Å². The summed E-state index contributed by atoms with van der Waals surface area (Å²) >= 11 is 0. The van der Waals surface area contributed by atoms with Gasteiger partial charge in [0.25, 0.3) is 0 Å². The Morgan fingerprint density at radius 3 is 2.50 bits per heavy atom. The van der Waals surface area contributed by atoms with Gasteiger partial charge in [-0.05, 0) is 70.5 Å². The van der Waals surface area contributed by atoms with Crippen LogP contribution < -0.4 is 5.32 Å². The first kappa shape index (κ1) is 23.3. The van der Waals surface area contributed by atoms with Gasteiger partial charge in [-0.2, -0.15) is 10.2 Å². The largest absolute Gasteiger partial charge is 0.325 e. The van der Waals surface area contributed by atoms with Crippen molar-refractivity contribution >= 4 is 24.7 Å². The molecule has 0 saturated heterocycles. The molecule has 176 valence electrons. The molecule has 0 atom stereocenters. The summed E-state index contributed by atoms with van der Waals surface area (Å²) in [5.41, 5.74) is 4.41. The third kappa shape index (κ3) is 4.59. The van der Waals surface area contributed by atoms with Crippen molar-refractivity contribution in [3.63, 3.8) is 0 Å². The van der Waals surface area contributed by atoms with Crippen molar-refractivity contribution in [2.45, 2.75) is 40.2 Å². The van der Waals surface area contributed by atoms with E-state index in [1.54, 1.807) is 36.9 Å². The fourth-order valence-corrected chi connectivity index (χ4v) is 3.90. The Balaban J connectivity index is 1.72. The fraction of sp³-hybridized carbons (Fsp3) is 0.320. The van der Waals surface area contributed by atoms with E-state index in [4.69, 9.17) is 5.10 Å². The van der Waals surface area contributed by atoms with Crippen molar-refractivity contribution in [3.8, 4) is 11.3 Å². The zero-order valence-electron chi connectivity index (χ0n) is 19.8. The molecule has 1 aliphatic carbocycles. The van der Waals surface area contributed by atoms with Crippen LogP contribution in [0, 0.1) is 32.5 Å². The van der Waals surface area contributed by atoms with Gasteiger partial charge in [0.05, 0.1) is 22.6 Å². The third-order valence-corrected chi connectivity index (χ3v) is 6.03. The lowest BCUT2D eigenvalue weighted by atomic mass is 10.1. The number of carbonyl (C=O) groups excluding carboxylic acids is 1. The molecular formula is C25H28FN7O. The van der Waals surface area contributed by atoms with Crippen LogP contribution in [-0.4, -0.2) is 45.4 Å². The van der Waals surface area contributed by atoms with Crippen molar-refractivity contribution in [2.24, 2.45) is 15.9 Å². The Morgan fingerprint density at radius 2 is 1.94 bits per heavy atom. The average Bonchev–Trinajstić information content (AvgIpc) is 3.54. The summed E-state index contributed by atoms with van der Waals surface area (Å²) in [6.07, 6.45) is 4.88. The molecule has 2 heterocycles. The molecule has 1 saturated carbocycles. The molecule has 3 aromatic rings. The number of aldehydes is 1. The van der Waals surface area contributed by atoms with Crippen LogP contribution in [0.1, 0.15) is 40.2 Å². The lowest BCUT2D eigenvalue weighted by Crippen LogP contribution is -2.16. The van der Waals surface area contributed by atoms with Crippen molar-refractivity contribution < 1.29 is 9.18 Å². The van der Waals surface area contributed by atoms with E-state index >= 15 is 0 Å². The average molecular weight is 462 g/mol. The second-order valence-corrected chi connectivity index (χ2v) is 8.46. The summed E-state index contributed by atoms with van der Waals surface area (Å²) < 4.78 is 17.0. The number of halogens is 1. The number of hydrogen-bond donors (Lipinski definition) is 1. The van der Waals surface area contributed by atoms with Crippen LogP contribution in [0.2, 0.25) is 0 Å². The first-order chi connectivity index (χ1) is 16.4. The van der Waals surface area contributed by atoms with E-state index in [0.29, 0.717) is 34.5 Å². The summed E-state index contributed by atoms with van der Waals surface area (Å²) in [5.74, 6) is 2.07. The van der Waals surface area contributed by atoms with Gasteiger partial charge in [0.2, 0.25) is 0 Å². The van der Waals surface area contributed by atoms with E-state index in [1.165, 1.54) is 25.0 Å². The standard InChI is InChI=1S/C25H28FN7O/c1-15-24(19-8-10-20(26)11-9-19)31-32(13-18-6-7-18)25(15)29-22(27-4)12-23(28-5)33-17(3)21(14-34)16(2)30-33/h8-12,14,18,29H,4,6-7,13H2,1-3,5H3/b22-12+,28-23+. The minimum Gasteiger partial charge on any atom is -0.325 e. The zero-order valence-corrected chi connectivity index (χ0v) is 19.8. The first-order valence-corrected chi connectivity index (χ1v) is 11.1. The van der Waals surface area contributed by atoms with Gasteiger partial charge in [-0.25, -0.2) is 18.7 Å². The molecule has 0 bridgehead atoms. The summed E-state index contributed by atoms with van der Waals surface area (Å²) in [5, 5.41) is 12.6. The predicted molar refractivity (Wildman–Crippen MR) is 132 cm³/mol. The van der Waals surface area contributed by atoms with Crippen molar-refractivity contribution in [1.29, 1.82) is 0 Å². The van der Waals surface area contributed by atoms with Gasteiger partial charge in [-0.3, -0.25) is 9.79 Å². The molecule has 1 aliphatic rings. The normalized spacial score (nSPS) is 14.4. The first-order valence-electron chi connectivity index (χ1n) is 11.1. The zero-order chi connectivity index (χ0) is 24.4. The minimum atomic E-state index is -0.286. The SMILES string of the molecule is C=N/C(=C\C(=N/C)n1nc(C)c(C=O)c1C)Nc1c(C)c(-c2ccc(F)cc2)nn1CC1CC1. The van der Waals surface area contributed by atoms with E-state index in [-0.39, 0.29) is 5.82 Å². The maximum absolute atomic E-state index is 13.5. The van der Waals surface area contributed by atoms with Crippen LogP contribution in [0.4, 0.5) is 10.2 Å². The molecule has 2 aromatic heterocycles. The maximum Gasteiger partial charge on any atom is 0.153 e. The summed E-state index contributed by atoms with van der Waals surface area (Å²) in [6.45, 7) is 10.1. The lowest BCUT2D eigenvalue weighted by Gasteiger charge is -2.12. The molecular weight excluding hydrogens is 433 g/mol. The number of hydrogen-bond acceptors (Lipinski definition) is 6. The quantitative estimate of drug-likeness (QED) is 0.302. The van der Waals surface area contributed by atoms with Crippen molar-refractivity contribution in [1.82, 2.24) is 19.6 Å². The van der Waals surface area contributed by atoms with Gasteiger partial charge in [0.1, 0.15) is 17.5 Å². The van der Waals surface area contributed by atoms with Crippen LogP contribution in [0.15, 0.2) is 46.1 Å². The monoisotopic (exact) mass is 461 g/mol. The Morgan fingerprint density at radius 1 is 1.24 bits per heavy atom. The highest BCUT2D eigenvalue weighted by atomic mass is 19.1. The molecule has 0 aliphatic heterocycles. The molecule has 34 heavy (non-hydrogen) atoms. The van der Waals surface area contributed by atoms with Gasteiger partial charge in [0, 0.05) is 30.8 Å². The number of rotatable bonds is 8. The highest BCUT2D eigenvalue weighted by Crippen LogP contribution is 2.35. The summed E-state index contributed by atoms with van der Waals surface area (Å²) in [7, 11) is 1.65. The van der Waals surface area contributed by atoms with E-state index in [9.17, 15) is 9.18 Å². The second kappa shape index (κ2) is 9.54. The van der Waals surface area contributed by atoms with Crippen molar-refractivity contribution in [3.05, 3.63) is 64.5 Å². The van der Waals surface area contributed by atoms with Crippen LogP contribution in [-0.2, 0) is 6.54 Å². The summed E-state index contributed by atoms with van der Waals surface area (Å²) in [4.78, 5) is 19.9. The highest BCUT2D eigenvalue weighted by molar-refractivity contribution is 5.96. The molecule has 4 rings (SSSR count). The number of aliphatic imine (C=N–C) groups is 2. The third-order valence-electron chi connectivity index (χ3n) is 6.03. The number of nitrogens with zero attached hydrogens (tertiary/aromatic N) is 6. The van der Waals surface area contributed by atoms with E-state index in [0.717, 1.165) is 35.5 Å². The smallest absolute Gasteiger partial charge is 0.153 e. The Bertz CT molecular complexity index is 1290. The molecule has 0 radical (unpaired) electrons. The van der Waals surface area contributed by atoms with Crippen LogP contribution >= 0.6 is 0 Å². The minimum absolute atomic E-state index is 0.286. The molecule has 0 unspecified atom stereocenters. The van der Waals surface area contributed by atoms with Crippen LogP contribution in [0.5, 0.6) is 0 Å². The molecule has 1 N–H and O–H groups in total. The molecule has 8 nitrogen and oxygen atoms in total. The topological polar surface area (TPSA) is 89.5 Å². The Hall–Kier alpha value is -3.88. The lowest BCUT2D eigenvalue weighted by molar-refractivity contribution is 0.112. The Labute approximate surface area is 197 Å². The van der Waals surface area contributed by atoms with Gasteiger partial charge >= 0.3 is 0 Å². The number of benzene rings is 1. The number of nitrogens with one attached hydrogen (secondary N) is 1. The number of carbonyl (C=O) groups is 1. The van der Waals surface area contributed by atoms with Gasteiger partial charge in [-0.1, -0.05) is 0 Å². The fourth-order valence-electron chi connectivity index (χ4n) is 3.90. The maximum atomic E-state index is 13.5. The van der Waals surface area contributed by atoms with Gasteiger partial charge in [-0.15, -0.1) is 0 Å². The number of aryl methyl sites for hydroxylation is 1. The molecule has 1 aromatic carbocycles. The number of aromatic nitrogens is 4. The molecule has 9 heteroatoms. The summed E-state index contributed by atoms with van der Waals surface area (Å²) in [6, 6.07) is 6.33. The number of anilines is 1. The second-order valence-electron chi connectivity index (χ2n) is 8.46. The molecule has 0 spiro atoms. The van der Waals surface area contributed by atoms with Gasteiger partial charge in [0.15, 0.2) is 12.1 Å². The van der Waals surface area contributed by atoms with Crippen LogP contribution in [0.3, 0.4) is 0 Å². The highest BCUT2D eigenvalue weighted by Gasteiger charge is 2.26. The van der Waals surface area contributed by atoms with E-state index in [2.05, 4.69) is 27.1 Å². The molecule has 1 fully saturated rings. The van der Waals surface area contributed by atoms with E-state index < -0.39 is 0 Å². The van der Waals surface area contributed by atoms with Crippen LogP contribution in [0.25, 0.3) is 11.3 Å².